The second-order valence-electron chi connectivity index (χ2n) is 4.44. The van der Waals surface area contributed by atoms with E-state index in [1.165, 1.54) is 4.68 Å². The number of aromatic nitrogens is 2. The van der Waals surface area contributed by atoms with E-state index in [1.54, 1.807) is 6.07 Å². The predicted molar refractivity (Wildman–Crippen MR) is 73.0 cm³/mol. The van der Waals surface area contributed by atoms with Crippen molar-refractivity contribution in [2.75, 3.05) is 37.8 Å². The zero-order chi connectivity index (χ0) is 13.7. The molecule has 2 rings (SSSR count). The van der Waals surface area contributed by atoms with Crippen LogP contribution in [0.2, 0.25) is 0 Å². The maximum atomic E-state index is 11.9. The molecule has 0 N–H and O–H groups in total. The summed E-state index contributed by atoms with van der Waals surface area (Å²) in [5.74, 6) is 0.546. The van der Waals surface area contributed by atoms with Gasteiger partial charge in [0.05, 0.1) is 19.8 Å². The number of nitrogens with zero attached hydrogens (tertiary/aromatic N) is 3. The van der Waals surface area contributed by atoms with Gasteiger partial charge in [-0.2, -0.15) is 0 Å². The largest absolute Gasteiger partial charge is 0.475 e. The van der Waals surface area contributed by atoms with Gasteiger partial charge in [-0.3, -0.25) is 4.79 Å². The summed E-state index contributed by atoms with van der Waals surface area (Å²) in [7, 11) is 0. The van der Waals surface area contributed by atoms with Crippen LogP contribution in [0.3, 0.4) is 0 Å². The normalized spacial score (nSPS) is 15.6. The lowest BCUT2D eigenvalue weighted by molar-refractivity contribution is 0.122. The van der Waals surface area contributed by atoms with Gasteiger partial charge in [-0.05, 0) is 13.3 Å². The number of morpholine rings is 1. The maximum absolute atomic E-state index is 11.9. The Labute approximate surface area is 112 Å². The smallest absolute Gasteiger partial charge is 0.269 e. The molecule has 1 fully saturated rings. The fourth-order valence-electron chi connectivity index (χ4n) is 2.02. The Balaban J connectivity index is 2.32. The van der Waals surface area contributed by atoms with E-state index in [9.17, 15) is 4.79 Å². The number of anilines is 1. The fraction of sp³-hybridized carbons (Fsp3) is 0.692. The molecule has 19 heavy (non-hydrogen) atoms. The molecule has 0 amide bonds. The Morgan fingerprint density at radius 3 is 2.74 bits per heavy atom. The Morgan fingerprint density at radius 1 is 1.37 bits per heavy atom. The van der Waals surface area contributed by atoms with E-state index in [4.69, 9.17) is 9.47 Å². The molecule has 0 unspecified atom stereocenters. The Kier molecular flexibility index (Phi) is 4.79. The first-order chi connectivity index (χ1) is 9.26. The molecule has 0 radical (unpaired) electrons. The van der Waals surface area contributed by atoms with E-state index >= 15 is 0 Å². The number of hydrogen-bond donors (Lipinski definition) is 0. The van der Waals surface area contributed by atoms with Crippen molar-refractivity contribution < 1.29 is 9.47 Å². The SMILES string of the molecule is CCCOc1nn(CC)c(=O)cc1N1CCOCC1. The van der Waals surface area contributed by atoms with Crippen molar-refractivity contribution in [1.29, 1.82) is 0 Å². The Bertz CT molecular complexity index is 467. The van der Waals surface area contributed by atoms with Crippen LogP contribution in [0.5, 0.6) is 5.88 Å². The van der Waals surface area contributed by atoms with Crippen molar-refractivity contribution in [2.24, 2.45) is 0 Å². The highest BCUT2D eigenvalue weighted by molar-refractivity contribution is 5.54. The topological polar surface area (TPSA) is 56.6 Å². The summed E-state index contributed by atoms with van der Waals surface area (Å²) in [6, 6.07) is 1.62. The van der Waals surface area contributed by atoms with Gasteiger partial charge in [0.25, 0.3) is 11.4 Å². The summed E-state index contributed by atoms with van der Waals surface area (Å²) in [6.45, 7) is 7.96. The standard InChI is InChI=1S/C13H21N3O3/c1-3-7-19-13-11(15-5-8-18-9-6-15)10-12(17)16(4-2)14-13/h10H,3-9H2,1-2H3. The van der Waals surface area contributed by atoms with Crippen molar-refractivity contribution in [2.45, 2.75) is 26.8 Å². The minimum absolute atomic E-state index is 0.0900. The van der Waals surface area contributed by atoms with Crippen LogP contribution in [0.1, 0.15) is 20.3 Å². The van der Waals surface area contributed by atoms with Crippen LogP contribution in [0.15, 0.2) is 10.9 Å². The molecule has 1 aromatic rings. The molecule has 1 aromatic heterocycles. The van der Waals surface area contributed by atoms with Crippen LogP contribution in [-0.4, -0.2) is 42.7 Å². The molecule has 6 nitrogen and oxygen atoms in total. The average Bonchev–Trinajstić information content (AvgIpc) is 2.46. The number of rotatable bonds is 5. The van der Waals surface area contributed by atoms with E-state index in [1.807, 2.05) is 13.8 Å². The van der Waals surface area contributed by atoms with Crippen molar-refractivity contribution in [3.05, 3.63) is 16.4 Å². The maximum Gasteiger partial charge on any atom is 0.269 e. The Morgan fingerprint density at radius 2 is 2.11 bits per heavy atom. The van der Waals surface area contributed by atoms with Crippen LogP contribution in [0, 0.1) is 0 Å². The number of aryl methyl sites for hydroxylation is 1. The summed E-state index contributed by atoms with van der Waals surface area (Å²) in [4.78, 5) is 14.0. The molecule has 0 spiro atoms. The highest BCUT2D eigenvalue weighted by atomic mass is 16.5. The highest BCUT2D eigenvalue weighted by Gasteiger charge is 2.18. The number of hydrogen-bond acceptors (Lipinski definition) is 5. The van der Waals surface area contributed by atoms with Crippen molar-refractivity contribution in [3.63, 3.8) is 0 Å². The molecule has 0 bridgehead atoms. The molecule has 0 saturated carbocycles. The zero-order valence-corrected chi connectivity index (χ0v) is 11.6. The summed E-state index contributed by atoms with van der Waals surface area (Å²) in [6.07, 6.45) is 0.912. The molecule has 0 atom stereocenters. The molecule has 106 valence electrons. The predicted octanol–water partition coefficient (Wildman–Crippen LogP) is 0.889. The third-order valence-corrected chi connectivity index (χ3v) is 3.04. The van der Waals surface area contributed by atoms with E-state index in [0.717, 1.165) is 25.2 Å². The lowest BCUT2D eigenvalue weighted by atomic mass is 10.3. The average molecular weight is 267 g/mol. The van der Waals surface area contributed by atoms with Gasteiger partial charge in [0.1, 0.15) is 5.69 Å². The fourth-order valence-corrected chi connectivity index (χ4v) is 2.02. The summed E-state index contributed by atoms with van der Waals surface area (Å²) in [5.41, 5.74) is 0.694. The van der Waals surface area contributed by atoms with E-state index in [2.05, 4.69) is 10.00 Å². The molecular weight excluding hydrogens is 246 g/mol. The summed E-state index contributed by atoms with van der Waals surface area (Å²) in [5, 5.41) is 4.30. The lowest BCUT2D eigenvalue weighted by Crippen LogP contribution is -2.38. The van der Waals surface area contributed by atoms with Gasteiger partial charge < -0.3 is 14.4 Å². The number of ether oxygens (including phenoxy) is 2. The van der Waals surface area contributed by atoms with Crippen molar-refractivity contribution >= 4 is 5.69 Å². The lowest BCUT2D eigenvalue weighted by Gasteiger charge is -2.29. The molecule has 0 aliphatic carbocycles. The first kappa shape index (κ1) is 13.9. The quantitative estimate of drug-likeness (QED) is 0.793. The minimum Gasteiger partial charge on any atom is -0.475 e. The molecule has 1 aliphatic heterocycles. The van der Waals surface area contributed by atoms with Crippen LogP contribution in [0.4, 0.5) is 5.69 Å². The van der Waals surface area contributed by atoms with Gasteiger partial charge in [-0.15, -0.1) is 5.10 Å². The third-order valence-electron chi connectivity index (χ3n) is 3.04. The van der Waals surface area contributed by atoms with Crippen LogP contribution >= 0.6 is 0 Å². The van der Waals surface area contributed by atoms with Crippen LogP contribution < -0.4 is 15.2 Å². The van der Waals surface area contributed by atoms with Crippen LogP contribution in [-0.2, 0) is 11.3 Å². The first-order valence-corrected chi connectivity index (χ1v) is 6.84. The van der Waals surface area contributed by atoms with E-state index < -0.39 is 0 Å². The highest BCUT2D eigenvalue weighted by Crippen LogP contribution is 2.24. The van der Waals surface area contributed by atoms with Gasteiger partial charge >= 0.3 is 0 Å². The molecule has 0 aromatic carbocycles. The van der Waals surface area contributed by atoms with Crippen molar-refractivity contribution in [1.82, 2.24) is 9.78 Å². The molecular formula is C13H21N3O3. The van der Waals surface area contributed by atoms with Gasteiger partial charge in [0.15, 0.2) is 0 Å². The molecule has 1 saturated heterocycles. The van der Waals surface area contributed by atoms with E-state index in [0.29, 0.717) is 32.2 Å². The Hall–Kier alpha value is -1.56. The molecule has 6 heteroatoms. The second kappa shape index (κ2) is 6.56. The van der Waals surface area contributed by atoms with Crippen molar-refractivity contribution in [3.8, 4) is 5.88 Å². The zero-order valence-electron chi connectivity index (χ0n) is 11.6. The minimum atomic E-state index is -0.0900. The monoisotopic (exact) mass is 267 g/mol. The van der Waals surface area contributed by atoms with Gasteiger partial charge in [-0.1, -0.05) is 6.92 Å². The summed E-state index contributed by atoms with van der Waals surface area (Å²) < 4.78 is 12.4. The van der Waals surface area contributed by atoms with Gasteiger partial charge in [0.2, 0.25) is 0 Å². The van der Waals surface area contributed by atoms with E-state index in [-0.39, 0.29) is 5.56 Å². The molecule has 2 heterocycles. The second-order valence-corrected chi connectivity index (χ2v) is 4.44. The van der Waals surface area contributed by atoms with Gasteiger partial charge in [-0.25, -0.2) is 4.68 Å². The first-order valence-electron chi connectivity index (χ1n) is 6.84. The summed E-state index contributed by atoms with van der Waals surface area (Å²) >= 11 is 0. The van der Waals surface area contributed by atoms with Gasteiger partial charge in [0, 0.05) is 25.7 Å². The third kappa shape index (κ3) is 3.26. The van der Waals surface area contributed by atoms with Crippen LogP contribution in [0.25, 0.3) is 0 Å². The molecule has 1 aliphatic rings.